The number of hydrogen-bond donors (Lipinski definition) is 2. The lowest BCUT2D eigenvalue weighted by Gasteiger charge is -2.05. The van der Waals surface area contributed by atoms with Gasteiger partial charge in [-0.3, -0.25) is 14.9 Å². The summed E-state index contributed by atoms with van der Waals surface area (Å²) in [5.41, 5.74) is 1.57. The molecule has 0 radical (unpaired) electrons. The molecule has 0 atom stereocenters. The standard InChI is InChI=1S/C21H21N3O4S2/c1-13(25)22-11-17-5-6-19(30-17)18-12-29-21(23-18)24-20(26)7-4-14-8-15(27-2)10-16(9-14)28-3/h4-10,12H,11H2,1-3H3,(H,22,25)(H,23,24,26)/b7-4+. The molecule has 30 heavy (non-hydrogen) atoms. The van der Waals surface area contributed by atoms with E-state index in [1.54, 1.807) is 37.7 Å². The zero-order valence-electron chi connectivity index (χ0n) is 16.7. The van der Waals surface area contributed by atoms with Gasteiger partial charge in [-0.25, -0.2) is 4.98 Å². The molecular weight excluding hydrogens is 422 g/mol. The lowest BCUT2D eigenvalue weighted by atomic mass is 10.2. The molecular formula is C21H21N3O4S2. The van der Waals surface area contributed by atoms with Crippen LogP contribution in [0, 0.1) is 0 Å². The SMILES string of the molecule is COc1cc(/C=C/C(=O)Nc2nc(-c3ccc(CNC(C)=O)s3)cs2)cc(OC)c1. The largest absolute Gasteiger partial charge is 0.497 e. The Hall–Kier alpha value is -3.17. The van der Waals surface area contributed by atoms with Crippen molar-refractivity contribution in [2.75, 3.05) is 19.5 Å². The molecule has 0 saturated carbocycles. The number of anilines is 1. The lowest BCUT2D eigenvalue weighted by molar-refractivity contribution is -0.119. The highest BCUT2D eigenvalue weighted by molar-refractivity contribution is 7.17. The molecule has 0 aliphatic rings. The summed E-state index contributed by atoms with van der Waals surface area (Å²) in [6.45, 7) is 1.98. The number of benzene rings is 1. The van der Waals surface area contributed by atoms with Crippen LogP contribution >= 0.6 is 22.7 Å². The Morgan fingerprint density at radius 2 is 1.87 bits per heavy atom. The molecule has 9 heteroatoms. The number of thiophene rings is 1. The van der Waals surface area contributed by atoms with E-state index in [0.717, 1.165) is 21.0 Å². The predicted octanol–water partition coefficient (Wildman–Crippen LogP) is 4.18. The summed E-state index contributed by atoms with van der Waals surface area (Å²) in [5, 5.41) is 7.95. The van der Waals surface area contributed by atoms with Gasteiger partial charge in [0.1, 0.15) is 11.5 Å². The molecule has 1 aromatic carbocycles. The summed E-state index contributed by atoms with van der Waals surface area (Å²) in [5.74, 6) is 0.944. The van der Waals surface area contributed by atoms with Crippen molar-refractivity contribution in [1.82, 2.24) is 10.3 Å². The molecule has 2 N–H and O–H groups in total. The van der Waals surface area contributed by atoms with E-state index in [4.69, 9.17) is 9.47 Å². The van der Waals surface area contributed by atoms with Crippen LogP contribution in [-0.4, -0.2) is 31.0 Å². The number of rotatable bonds is 8. The maximum Gasteiger partial charge on any atom is 0.250 e. The Labute approximate surface area is 182 Å². The van der Waals surface area contributed by atoms with Crippen LogP contribution in [-0.2, 0) is 16.1 Å². The zero-order valence-corrected chi connectivity index (χ0v) is 18.4. The third-order valence-electron chi connectivity index (χ3n) is 3.96. The van der Waals surface area contributed by atoms with Crippen LogP contribution in [0.4, 0.5) is 5.13 Å². The fraction of sp³-hybridized carbons (Fsp3) is 0.190. The third-order valence-corrected chi connectivity index (χ3v) is 5.83. The van der Waals surface area contributed by atoms with Crippen molar-refractivity contribution in [2.24, 2.45) is 0 Å². The summed E-state index contributed by atoms with van der Waals surface area (Å²) in [6.07, 6.45) is 3.12. The highest BCUT2D eigenvalue weighted by Crippen LogP contribution is 2.31. The van der Waals surface area contributed by atoms with Gasteiger partial charge in [-0.05, 0) is 35.9 Å². The van der Waals surface area contributed by atoms with E-state index in [2.05, 4.69) is 15.6 Å². The summed E-state index contributed by atoms with van der Waals surface area (Å²) in [7, 11) is 3.15. The minimum absolute atomic E-state index is 0.0657. The maximum atomic E-state index is 12.3. The number of thiazole rings is 1. The van der Waals surface area contributed by atoms with Gasteiger partial charge >= 0.3 is 0 Å². The quantitative estimate of drug-likeness (QED) is 0.510. The zero-order chi connectivity index (χ0) is 21.5. The average molecular weight is 444 g/mol. The van der Waals surface area contributed by atoms with Crippen molar-refractivity contribution in [3.63, 3.8) is 0 Å². The molecule has 0 aliphatic carbocycles. The van der Waals surface area contributed by atoms with Crippen LogP contribution in [0.2, 0.25) is 0 Å². The highest BCUT2D eigenvalue weighted by Gasteiger charge is 2.09. The molecule has 0 aliphatic heterocycles. The number of methoxy groups -OCH3 is 2. The fourth-order valence-electron chi connectivity index (χ4n) is 2.51. The number of amides is 2. The van der Waals surface area contributed by atoms with E-state index in [1.807, 2.05) is 29.6 Å². The lowest BCUT2D eigenvalue weighted by Crippen LogP contribution is -2.17. The normalized spacial score (nSPS) is 10.8. The number of carbonyl (C=O) groups is 2. The van der Waals surface area contributed by atoms with Crippen LogP contribution < -0.4 is 20.1 Å². The second-order valence-corrected chi connectivity index (χ2v) is 8.21. The fourth-order valence-corrected chi connectivity index (χ4v) is 4.21. The Morgan fingerprint density at radius 1 is 1.13 bits per heavy atom. The van der Waals surface area contributed by atoms with Crippen LogP contribution in [0.25, 0.3) is 16.6 Å². The van der Waals surface area contributed by atoms with Gasteiger partial charge in [0.05, 0.1) is 31.3 Å². The minimum Gasteiger partial charge on any atom is -0.497 e. The number of carbonyl (C=O) groups excluding carboxylic acids is 2. The molecule has 0 fully saturated rings. The van der Waals surface area contributed by atoms with E-state index in [0.29, 0.717) is 23.2 Å². The van der Waals surface area contributed by atoms with Gasteiger partial charge in [-0.15, -0.1) is 22.7 Å². The Kier molecular flexibility index (Phi) is 7.21. The molecule has 2 heterocycles. The second-order valence-electron chi connectivity index (χ2n) is 6.18. The molecule has 0 bridgehead atoms. The first kappa shape index (κ1) is 21.5. The summed E-state index contributed by atoms with van der Waals surface area (Å²) < 4.78 is 10.5. The highest BCUT2D eigenvalue weighted by atomic mass is 32.1. The molecule has 0 spiro atoms. The van der Waals surface area contributed by atoms with Crippen molar-refractivity contribution < 1.29 is 19.1 Å². The third kappa shape index (κ3) is 5.91. The Balaban J connectivity index is 1.62. The van der Waals surface area contributed by atoms with E-state index < -0.39 is 0 Å². The maximum absolute atomic E-state index is 12.3. The van der Waals surface area contributed by atoms with Gasteiger partial charge < -0.3 is 14.8 Å². The monoisotopic (exact) mass is 443 g/mol. The van der Waals surface area contributed by atoms with Crippen LogP contribution in [0.1, 0.15) is 17.4 Å². The molecule has 0 saturated heterocycles. The molecule has 2 aromatic heterocycles. The van der Waals surface area contributed by atoms with Gasteiger partial charge in [-0.1, -0.05) is 0 Å². The number of ether oxygens (including phenoxy) is 2. The van der Waals surface area contributed by atoms with Crippen molar-refractivity contribution in [1.29, 1.82) is 0 Å². The number of aromatic nitrogens is 1. The molecule has 7 nitrogen and oxygen atoms in total. The topological polar surface area (TPSA) is 89.5 Å². The van der Waals surface area contributed by atoms with E-state index in [9.17, 15) is 9.59 Å². The molecule has 156 valence electrons. The number of hydrogen-bond acceptors (Lipinski definition) is 7. The Morgan fingerprint density at radius 3 is 2.53 bits per heavy atom. The van der Waals surface area contributed by atoms with Gasteiger partial charge in [0.15, 0.2) is 5.13 Å². The predicted molar refractivity (Wildman–Crippen MR) is 120 cm³/mol. The average Bonchev–Trinajstić information content (AvgIpc) is 3.39. The molecule has 0 unspecified atom stereocenters. The van der Waals surface area contributed by atoms with Gasteiger partial charge in [-0.2, -0.15) is 0 Å². The van der Waals surface area contributed by atoms with Gasteiger partial charge in [0, 0.05) is 29.3 Å². The Bertz CT molecular complexity index is 1050. The summed E-state index contributed by atoms with van der Waals surface area (Å²) in [4.78, 5) is 29.8. The van der Waals surface area contributed by atoms with Crippen LogP contribution in [0.15, 0.2) is 41.8 Å². The van der Waals surface area contributed by atoms with Gasteiger partial charge in [0.2, 0.25) is 11.8 Å². The van der Waals surface area contributed by atoms with Crippen molar-refractivity contribution in [2.45, 2.75) is 13.5 Å². The first-order valence-corrected chi connectivity index (χ1v) is 10.7. The number of nitrogens with one attached hydrogen (secondary N) is 2. The second kappa shape index (κ2) is 10.0. The molecule has 2 amide bonds. The summed E-state index contributed by atoms with van der Waals surface area (Å²) in [6, 6.07) is 9.30. The van der Waals surface area contributed by atoms with Gasteiger partial charge in [0.25, 0.3) is 0 Å². The summed E-state index contributed by atoms with van der Waals surface area (Å²) >= 11 is 2.91. The molecule has 3 aromatic rings. The smallest absolute Gasteiger partial charge is 0.250 e. The van der Waals surface area contributed by atoms with E-state index >= 15 is 0 Å². The van der Waals surface area contributed by atoms with Crippen molar-refractivity contribution in [3.8, 4) is 22.1 Å². The number of nitrogens with zero attached hydrogens (tertiary/aromatic N) is 1. The van der Waals surface area contributed by atoms with Crippen LogP contribution in [0.5, 0.6) is 11.5 Å². The van der Waals surface area contributed by atoms with Crippen molar-refractivity contribution in [3.05, 3.63) is 52.2 Å². The van der Waals surface area contributed by atoms with E-state index in [1.165, 1.54) is 24.3 Å². The van der Waals surface area contributed by atoms with E-state index in [-0.39, 0.29) is 11.8 Å². The molecule has 3 rings (SSSR count). The van der Waals surface area contributed by atoms with Crippen molar-refractivity contribution >= 4 is 45.7 Å². The minimum atomic E-state index is -0.282. The van der Waals surface area contributed by atoms with Crippen LogP contribution in [0.3, 0.4) is 0 Å². The first-order valence-electron chi connectivity index (χ1n) is 8.98. The first-order chi connectivity index (χ1) is 14.5.